The van der Waals surface area contributed by atoms with E-state index in [2.05, 4.69) is 50.0 Å². The predicted molar refractivity (Wildman–Crippen MR) is 80.1 cm³/mol. The zero-order chi connectivity index (χ0) is 13.5. The highest BCUT2D eigenvalue weighted by Crippen LogP contribution is 2.20. The molecule has 3 unspecified atom stereocenters. The van der Waals surface area contributed by atoms with Gasteiger partial charge in [0.2, 0.25) is 0 Å². The van der Waals surface area contributed by atoms with Crippen molar-refractivity contribution in [1.82, 2.24) is 15.1 Å². The number of nitrogens with zero attached hydrogens (tertiary/aromatic N) is 2. The van der Waals surface area contributed by atoms with Gasteiger partial charge in [0.25, 0.3) is 0 Å². The van der Waals surface area contributed by atoms with E-state index in [0.29, 0.717) is 12.1 Å². The van der Waals surface area contributed by atoms with Gasteiger partial charge in [-0.1, -0.05) is 27.2 Å². The fourth-order valence-corrected chi connectivity index (χ4v) is 3.09. The van der Waals surface area contributed by atoms with Gasteiger partial charge in [-0.3, -0.25) is 4.90 Å². The Kier molecular flexibility index (Phi) is 7.20. The molecule has 3 nitrogen and oxygen atoms in total. The molecule has 18 heavy (non-hydrogen) atoms. The lowest BCUT2D eigenvalue weighted by molar-refractivity contribution is 0.0706. The smallest absolute Gasteiger partial charge is 0.0376 e. The zero-order valence-electron chi connectivity index (χ0n) is 13.1. The normalized spacial score (nSPS) is 26.2. The topological polar surface area (TPSA) is 18.5 Å². The van der Waals surface area contributed by atoms with Gasteiger partial charge in [0.05, 0.1) is 0 Å². The van der Waals surface area contributed by atoms with Crippen molar-refractivity contribution >= 4 is 0 Å². The van der Waals surface area contributed by atoms with Crippen molar-refractivity contribution in [2.75, 3.05) is 40.3 Å². The monoisotopic (exact) mass is 255 g/mol. The highest BCUT2D eigenvalue weighted by Gasteiger charge is 2.32. The summed E-state index contributed by atoms with van der Waals surface area (Å²) in [7, 11) is 4.54. The Morgan fingerprint density at radius 2 is 1.89 bits per heavy atom. The molecule has 108 valence electrons. The summed E-state index contributed by atoms with van der Waals surface area (Å²) in [6, 6.07) is 1.30. The van der Waals surface area contributed by atoms with Gasteiger partial charge in [-0.15, -0.1) is 0 Å². The molecular weight excluding hydrogens is 222 g/mol. The van der Waals surface area contributed by atoms with Crippen molar-refractivity contribution in [2.24, 2.45) is 5.92 Å². The van der Waals surface area contributed by atoms with Gasteiger partial charge in [-0.05, 0) is 39.4 Å². The fraction of sp³-hybridized carbons (Fsp3) is 1.00. The van der Waals surface area contributed by atoms with Gasteiger partial charge in [0.15, 0.2) is 0 Å². The third-order valence-corrected chi connectivity index (χ3v) is 4.30. The molecule has 0 aromatic heterocycles. The Hall–Kier alpha value is -0.120. The number of likely N-dealkylation sites (N-methyl/N-ethyl adjacent to an activating group) is 2. The molecule has 0 aliphatic carbocycles. The summed E-state index contributed by atoms with van der Waals surface area (Å²) in [6.45, 7) is 11.7. The molecule has 0 aromatic carbocycles. The summed E-state index contributed by atoms with van der Waals surface area (Å²) in [6.07, 6.45) is 3.84. The van der Waals surface area contributed by atoms with Crippen LogP contribution in [-0.4, -0.2) is 62.2 Å². The summed E-state index contributed by atoms with van der Waals surface area (Å²) < 4.78 is 0. The van der Waals surface area contributed by atoms with Crippen molar-refractivity contribution in [3.05, 3.63) is 0 Å². The van der Waals surface area contributed by atoms with E-state index in [0.717, 1.165) is 12.5 Å². The SMILES string of the molecule is CCCNC(C(C)CCC)C1CN(C)CCN1C. The molecule has 1 aliphatic heterocycles. The molecule has 1 N–H and O–H groups in total. The van der Waals surface area contributed by atoms with Crippen LogP contribution in [0.1, 0.15) is 40.0 Å². The van der Waals surface area contributed by atoms with Crippen molar-refractivity contribution in [1.29, 1.82) is 0 Å². The summed E-state index contributed by atoms with van der Waals surface area (Å²) in [5, 5.41) is 3.81. The molecule has 1 heterocycles. The zero-order valence-corrected chi connectivity index (χ0v) is 13.1. The highest BCUT2D eigenvalue weighted by molar-refractivity contribution is 4.91. The van der Waals surface area contributed by atoms with E-state index in [9.17, 15) is 0 Å². The summed E-state index contributed by atoms with van der Waals surface area (Å²) >= 11 is 0. The molecule has 1 fully saturated rings. The molecular formula is C15H33N3. The average Bonchev–Trinajstić information content (AvgIpc) is 2.34. The molecule has 3 atom stereocenters. The second kappa shape index (κ2) is 8.13. The fourth-order valence-electron chi connectivity index (χ4n) is 3.09. The first kappa shape index (κ1) is 15.9. The second-order valence-corrected chi connectivity index (χ2v) is 6.06. The van der Waals surface area contributed by atoms with Gasteiger partial charge in [-0.2, -0.15) is 0 Å². The Morgan fingerprint density at radius 1 is 1.17 bits per heavy atom. The third-order valence-electron chi connectivity index (χ3n) is 4.30. The maximum Gasteiger partial charge on any atom is 0.0376 e. The van der Waals surface area contributed by atoms with Crippen LogP contribution in [0, 0.1) is 5.92 Å². The first-order valence-corrected chi connectivity index (χ1v) is 7.72. The van der Waals surface area contributed by atoms with Crippen molar-refractivity contribution in [3.63, 3.8) is 0 Å². The number of hydrogen-bond acceptors (Lipinski definition) is 3. The Labute approximate surface area is 114 Å². The summed E-state index contributed by atoms with van der Waals surface area (Å²) in [5.41, 5.74) is 0. The van der Waals surface area contributed by atoms with Gasteiger partial charge < -0.3 is 10.2 Å². The van der Waals surface area contributed by atoms with Crippen LogP contribution in [0.15, 0.2) is 0 Å². The predicted octanol–water partition coefficient (Wildman–Crippen LogP) is 2.04. The van der Waals surface area contributed by atoms with Gasteiger partial charge >= 0.3 is 0 Å². The standard InChI is InChI=1S/C15H33N3/c1-6-8-13(3)15(16-9-7-2)14-12-17(4)10-11-18(14)5/h13-16H,6-12H2,1-5H3. The number of nitrogens with one attached hydrogen (secondary N) is 1. The van der Waals surface area contributed by atoms with Crippen LogP contribution in [0.2, 0.25) is 0 Å². The van der Waals surface area contributed by atoms with E-state index < -0.39 is 0 Å². The van der Waals surface area contributed by atoms with E-state index in [1.807, 2.05) is 0 Å². The lowest BCUT2D eigenvalue weighted by Gasteiger charge is -2.44. The maximum absolute atomic E-state index is 3.81. The molecule has 0 saturated carbocycles. The maximum atomic E-state index is 3.81. The molecule has 0 aromatic rings. The quantitative estimate of drug-likeness (QED) is 0.751. The van der Waals surface area contributed by atoms with E-state index in [1.54, 1.807) is 0 Å². The average molecular weight is 255 g/mol. The van der Waals surface area contributed by atoms with Gasteiger partial charge in [0.1, 0.15) is 0 Å². The largest absolute Gasteiger partial charge is 0.312 e. The molecule has 0 spiro atoms. The Bertz CT molecular complexity index is 220. The molecule has 0 radical (unpaired) electrons. The van der Waals surface area contributed by atoms with Crippen molar-refractivity contribution in [3.8, 4) is 0 Å². The third kappa shape index (κ3) is 4.52. The van der Waals surface area contributed by atoms with Crippen LogP contribution >= 0.6 is 0 Å². The molecule has 0 amide bonds. The van der Waals surface area contributed by atoms with E-state index in [4.69, 9.17) is 0 Å². The van der Waals surface area contributed by atoms with Crippen LogP contribution in [0.5, 0.6) is 0 Å². The van der Waals surface area contributed by atoms with Crippen LogP contribution in [0.3, 0.4) is 0 Å². The number of piperazine rings is 1. The molecule has 1 rings (SSSR count). The minimum atomic E-state index is 0.637. The summed E-state index contributed by atoms with van der Waals surface area (Å²) in [4.78, 5) is 5.03. The van der Waals surface area contributed by atoms with E-state index in [1.165, 1.54) is 38.9 Å². The first-order valence-electron chi connectivity index (χ1n) is 7.72. The van der Waals surface area contributed by atoms with E-state index in [-0.39, 0.29) is 0 Å². The summed E-state index contributed by atoms with van der Waals surface area (Å²) in [5.74, 6) is 0.764. The lowest BCUT2D eigenvalue weighted by Crippen LogP contribution is -2.60. The lowest BCUT2D eigenvalue weighted by atomic mass is 9.89. The van der Waals surface area contributed by atoms with Crippen molar-refractivity contribution < 1.29 is 0 Å². The van der Waals surface area contributed by atoms with Gasteiger partial charge in [0, 0.05) is 31.7 Å². The Balaban J connectivity index is 2.66. The first-order chi connectivity index (χ1) is 8.60. The van der Waals surface area contributed by atoms with Gasteiger partial charge in [-0.25, -0.2) is 0 Å². The molecule has 1 saturated heterocycles. The Morgan fingerprint density at radius 3 is 2.50 bits per heavy atom. The van der Waals surface area contributed by atoms with Crippen LogP contribution in [0.4, 0.5) is 0 Å². The number of rotatable bonds is 7. The van der Waals surface area contributed by atoms with Crippen LogP contribution in [0.25, 0.3) is 0 Å². The highest BCUT2D eigenvalue weighted by atomic mass is 15.3. The van der Waals surface area contributed by atoms with Crippen molar-refractivity contribution in [2.45, 2.75) is 52.1 Å². The minimum absolute atomic E-state index is 0.637. The molecule has 0 bridgehead atoms. The molecule has 1 aliphatic rings. The second-order valence-electron chi connectivity index (χ2n) is 6.06. The molecule has 3 heteroatoms. The number of hydrogen-bond donors (Lipinski definition) is 1. The minimum Gasteiger partial charge on any atom is -0.312 e. The van der Waals surface area contributed by atoms with E-state index >= 15 is 0 Å². The van der Waals surface area contributed by atoms with Crippen LogP contribution in [-0.2, 0) is 0 Å². The van der Waals surface area contributed by atoms with Crippen LogP contribution < -0.4 is 5.32 Å².